The van der Waals surface area contributed by atoms with Crippen LogP contribution in [0.15, 0.2) is 12.3 Å². The van der Waals surface area contributed by atoms with Gasteiger partial charge in [-0.05, 0) is 18.2 Å². The van der Waals surface area contributed by atoms with Crippen LogP contribution in [-0.2, 0) is 0 Å². The first-order valence-electron chi connectivity index (χ1n) is 5.59. The van der Waals surface area contributed by atoms with E-state index in [-0.39, 0.29) is 10.7 Å². The molecule has 9 heteroatoms. The molecule has 1 saturated heterocycles. The van der Waals surface area contributed by atoms with Gasteiger partial charge in [0.1, 0.15) is 22.5 Å². The summed E-state index contributed by atoms with van der Waals surface area (Å²) in [5, 5.41) is 22.6. The van der Waals surface area contributed by atoms with Crippen LogP contribution in [0, 0.1) is 21.4 Å². The first kappa shape index (κ1) is 14.6. The van der Waals surface area contributed by atoms with Crippen molar-refractivity contribution in [3.05, 3.63) is 33.1 Å². The van der Waals surface area contributed by atoms with E-state index in [1.807, 2.05) is 0 Å². The molecule has 1 unspecified atom stereocenters. The Kier molecular flexibility index (Phi) is 4.11. The topological polar surface area (TPSA) is 109 Å². The second-order valence-electron chi connectivity index (χ2n) is 4.23. The average Bonchev–Trinajstić information content (AvgIpc) is 2.87. The molecule has 1 aromatic heterocycles. The number of carbonyl (C=O) groups excluding carboxylic acids is 1. The van der Waals surface area contributed by atoms with Crippen molar-refractivity contribution in [1.29, 1.82) is 5.26 Å². The lowest BCUT2D eigenvalue weighted by molar-refractivity contribution is -0.385. The van der Waals surface area contributed by atoms with Crippen molar-refractivity contribution in [2.45, 2.75) is 12.0 Å². The number of aromatic nitrogens is 1. The van der Waals surface area contributed by atoms with E-state index in [0.717, 1.165) is 18.0 Å². The largest absolute Gasteiger partial charge is 0.333 e. The zero-order chi connectivity index (χ0) is 14.8. The number of hydrogen-bond donors (Lipinski definition) is 1. The molecule has 1 aliphatic heterocycles. The van der Waals surface area contributed by atoms with Gasteiger partial charge >= 0.3 is 0 Å². The number of carbonyl (C=O) groups is 1. The Morgan fingerprint density at radius 1 is 1.70 bits per heavy atom. The molecule has 0 aromatic carbocycles. The van der Waals surface area contributed by atoms with Crippen LogP contribution < -0.4 is 5.32 Å². The number of nitrogens with zero attached hydrogens (tertiary/aromatic N) is 3. The summed E-state index contributed by atoms with van der Waals surface area (Å²) >= 11 is 7.21. The highest BCUT2D eigenvalue weighted by atomic mass is 35.5. The lowest BCUT2D eigenvalue weighted by atomic mass is 10.0. The van der Waals surface area contributed by atoms with Crippen molar-refractivity contribution in [2.24, 2.45) is 0 Å². The summed E-state index contributed by atoms with van der Waals surface area (Å²) in [7, 11) is 0. The molecule has 1 amide bonds. The van der Waals surface area contributed by atoms with Gasteiger partial charge in [-0.1, -0.05) is 11.6 Å². The van der Waals surface area contributed by atoms with E-state index < -0.39 is 22.1 Å². The Labute approximate surface area is 123 Å². The summed E-state index contributed by atoms with van der Waals surface area (Å²) in [4.78, 5) is 26.0. The van der Waals surface area contributed by atoms with Gasteiger partial charge in [0, 0.05) is 5.75 Å². The molecular formula is C11H9ClN4O3S. The zero-order valence-corrected chi connectivity index (χ0v) is 11.7. The van der Waals surface area contributed by atoms with Crippen LogP contribution in [-0.4, -0.2) is 32.9 Å². The third kappa shape index (κ3) is 2.84. The van der Waals surface area contributed by atoms with E-state index >= 15 is 0 Å². The van der Waals surface area contributed by atoms with Crippen LogP contribution in [0.2, 0.25) is 5.15 Å². The van der Waals surface area contributed by atoms with Gasteiger partial charge in [0.2, 0.25) is 0 Å². The fraction of sp³-hybridized carbons (Fsp3) is 0.364. The van der Waals surface area contributed by atoms with Crippen LogP contribution in [0.25, 0.3) is 0 Å². The molecular weight excluding hydrogens is 304 g/mol. The number of amides is 1. The smallest absolute Gasteiger partial charge is 0.300 e. The molecule has 7 nitrogen and oxygen atoms in total. The van der Waals surface area contributed by atoms with Gasteiger partial charge in [-0.25, -0.2) is 4.98 Å². The summed E-state index contributed by atoms with van der Waals surface area (Å²) < 4.78 is 0. The molecule has 2 heterocycles. The maximum absolute atomic E-state index is 12.2. The molecule has 20 heavy (non-hydrogen) atoms. The number of rotatable bonds is 3. The lowest BCUT2D eigenvalue weighted by Gasteiger charge is -2.21. The number of pyridine rings is 1. The molecule has 0 spiro atoms. The molecule has 1 aliphatic rings. The minimum atomic E-state index is -0.981. The van der Waals surface area contributed by atoms with Gasteiger partial charge in [0.15, 0.2) is 0 Å². The Morgan fingerprint density at radius 2 is 2.45 bits per heavy atom. The first-order chi connectivity index (χ1) is 9.47. The Balaban J connectivity index is 2.32. The minimum absolute atomic E-state index is 0.0208. The summed E-state index contributed by atoms with van der Waals surface area (Å²) in [6, 6.07) is 3.20. The van der Waals surface area contributed by atoms with Crippen molar-refractivity contribution in [2.75, 3.05) is 11.5 Å². The van der Waals surface area contributed by atoms with Crippen LogP contribution >= 0.6 is 23.4 Å². The summed E-state index contributed by atoms with van der Waals surface area (Å²) in [6.07, 6.45) is 1.44. The number of thioether (sulfide) groups is 1. The summed E-state index contributed by atoms with van der Waals surface area (Å²) in [5.74, 6) is 0.527. The predicted molar refractivity (Wildman–Crippen MR) is 73.7 cm³/mol. The molecule has 0 saturated carbocycles. The van der Waals surface area contributed by atoms with Crippen molar-refractivity contribution >= 4 is 35.0 Å². The van der Waals surface area contributed by atoms with E-state index in [1.165, 1.54) is 0 Å². The zero-order valence-electron chi connectivity index (χ0n) is 10.1. The molecule has 1 fully saturated rings. The van der Waals surface area contributed by atoms with Gasteiger partial charge in [-0.15, -0.1) is 0 Å². The van der Waals surface area contributed by atoms with Crippen molar-refractivity contribution in [3.8, 4) is 6.07 Å². The van der Waals surface area contributed by atoms with Crippen molar-refractivity contribution < 1.29 is 9.72 Å². The summed E-state index contributed by atoms with van der Waals surface area (Å²) in [6.45, 7) is 0. The van der Waals surface area contributed by atoms with Crippen molar-refractivity contribution in [3.63, 3.8) is 0 Å². The second kappa shape index (κ2) is 5.64. The monoisotopic (exact) mass is 312 g/mol. The normalized spacial score (nSPS) is 21.2. The molecule has 0 radical (unpaired) electrons. The van der Waals surface area contributed by atoms with Crippen LogP contribution in [0.4, 0.5) is 5.69 Å². The Hall–Kier alpha value is -1.85. The first-order valence-corrected chi connectivity index (χ1v) is 7.12. The highest BCUT2D eigenvalue weighted by molar-refractivity contribution is 7.99. The molecule has 0 aliphatic carbocycles. The summed E-state index contributed by atoms with van der Waals surface area (Å²) in [5.41, 5.74) is -1.61. The van der Waals surface area contributed by atoms with Crippen LogP contribution in [0.5, 0.6) is 0 Å². The molecule has 2 rings (SSSR count). The van der Waals surface area contributed by atoms with E-state index in [0.29, 0.717) is 12.2 Å². The fourth-order valence-electron chi connectivity index (χ4n) is 1.81. The molecule has 0 bridgehead atoms. The number of hydrogen-bond acceptors (Lipinski definition) is 6. The van der Waals surface area contributed by atoms with Gasteiger partial charge in [0.05, 0.1) is 11.0 Å². The van der Waals surface area contributed by atoms with Crippen molar-refractivity contribution in [1.82, 2.24) is 10.3 Å². The Bertz CT molecular complexity index is 610. The maximum atomic E-state index is 12.2. The third-order valence-corrected chi connectivity index (χ3v) is 4.28. The van der Waals surface area contributed by atoms with E-state index in [2.05, 4.69) is 16.4 Å². The van der Waals surface area contributed by atoms with E-state index in [9.17, 15) is 20.2 Å². The number of halogens is 1. The average molecular weight is 313 g/mol. The fourth-order valence-corrected chi connectivity index (χ4v) is 3.24. The van der Waals surface area contributed by atoms with Crippen LogP contribution in [0.3, 0.4) is 0 Å². The number of nitro groups is 1. The molecule has 1 N–H and O–H groups in total. The Morgan fingerprint density at radius 3 is 3.00 bits per heavy atom. The van der Waals surface area contributed by atoms with Gasteiger partial charge in [-0.3, -0.25) is 14.9 Å². The predicted octanol–water partition coefficient (Wildman–Crippen LogP) is 1.77. The number of nitriles is 1. The lowest BCUT2D eigenvalue weighted by Crippen LogP contribution is -2.47. The highest BCUT2D eigenvalue weighted by Gasteiger charge is 2.37. The number of nitrogens with one attached hydrogen (secondary N) is 1. The highest BCUT2D eigenvalue weighted by Crippen LogP contribution is 2.28. The molecule has 1 aromatic rings. The van der Waals surface area contributed by atoms with Gasteiger partial charge in [0.25, 0.3) is 11.6 Å². The SMILES string of the molecule is N#CC1(NC(=O)c2cc(Cl)ncc2[N+](=O)[O-])CCSC1. The van der Waals surface area contributed by atoms with E-state index in [1.54, 1.807) is 11.8 Å². The third-order valence-electron chi connectivity index (χ3n) is 2.88. The minimum Gasteiger partial charge on any atom is -0.333 e. The second-order valence-corrected chi connectivity index (χ2v) is 5.72. The van der Waals surface area contributed by atoms with Gasteiger partial charge in [-0.2, -0.15) is 17.0 Å². The van der Waals surface area contributed by atoms with Gasteiger partial charge < -0.3 is 5.32 Å². The quantitative estimate of drug-likeness (QED) is 0.517. The maximum Gasteiger partial charge on any atom is 0.300 e. The van der Waals surface area contributed by atoms with E-state index in [4.69, 9.17) is 11.6 Å². The van der Waals surface area contributed by atoms with Crippen LogP contribution in [0.1, 0.15) is 16.8 Å². The molecule has 1 atom stereocenters. The standard InChI is InChI=1S/C11H9ClN4O3S/c12-9-3-7(8(4-14-9)16(18)19)10(17)15-11(5-13)1-2-20-6-11/h3-4H,1-2,6H2,(H,15,17). The molecule has 104 valence electrons.